The van der Waals surface area contributed by atoms with E-state index in [0.717, 1.165) is 46.4 Å². The van der Waals surface area contributed by atoms with E-state index in [4.69, 9.17) is 19.3 Å². The van der Waals surface area contributed by atoms with Crippen molar-refractivity contribution in [2.45, 2.75) is 51.7 Å². The molecule has 1 aliphatic carbocycles. The minimum absolute atomic E-state index is 0.385. The first-order chi connectivity index (χ1) is 15.8. The van der Waals surface area contributed by atoms with E-state index in [2.05, 4.69) is 70.2 Å². The SMILES string of the molecule is CC1(C)OB(c2cccc(-c3nc(C4=CCCC=C4)cc(-c4ccccc4)n3)c2)OC1(C)C. The van der Waals surface area contributed by atoms with Gasteiger partial charge in [-0.2, -0.15) is 0 Å². The van der Waals surface area contributed by atoms with Crippen LogP contribution in [0.1, 0.15) is 46.2 Å². The summed E-state index contributed by atoms with van der Waals surface area (Å²) in [5.74, 6) is 0.699. The lowest BCUT2D eigenvalue weighted by Gasteiger charge is -2.32. The maximum atomic E-state index is 6.27. The lowest BCUT2D eigenvalue weighted by Crippen LogP contribution is -2.41. The van der Waals surface area contributed by atoms with E-state index < -0.39 is 7.12 Å². The van der Waals surface area contributed by atoms with Gasteiger partial charge in [0.2, 0.25) is 0 Å². The summed E-state index contributed by atoms with van der Waals surface area (Å²) in [6, 6.07) is 20.5. The first-order valence-electron chi connectivity index (χ1n) is 11.6. The molecule has 166 valence electrons. The fraction of sp³-hybridized carbons (Fsp3) is 0.286. The van der Waals surface area contributed by atoms with Crippen molar-refractivity contribution >= 4 is 18.2 Å². The Kier molecular flexibility index (Phi) is 5.55. The monoisotopic (exact) mass is 436 g/mol. The van der Waals surface area contributed by atoms with Crippen LogP contribution >= 0.6 is 0 Å². The molecule has 4 nitrogen and oxygen atoms in total. The van der Waals surface area contributed by atoms with Gasteiger partial charge in [0.05, 0.1) is 22.6 Å². The third-order valence-electron chi connectivity index (χ3n) is 6.76. The molecular formula is C28H29BN2O2. The van der Waals surface area contributed by atoms with Crippen molar-refractivity contribution in [3.8, 4) is 22.6 Å². The third kappa shape index (κ3) is 4.31. The van der Waals surface area contributed by atoms with Crippen LogP contribution in [0.3, 0.4) is 0 Å². The van der Waals surface area contributed by atoms with Crippen molar-refractivity contribution in [3.05, 3.63) is 84.6 Å². The smallest absolute Gasteiger partial charge is 0.399 e. The summed E-state index contributed by atoms with van der Waals surface area (Å²) in [4.78, 5) is 9.92. The molecule has 2 heterocycles. The topological polar surface area (TPSA) is 44.2 Å². The second kappa shape index (κ2) is 8.40. The van der Waals surface area contributed by atoms with E-state index >= 15 is 0 Å². The molecule has 0 amide bonds. The summed E-state index contributed by atoms with van der Waals surface area (Å²) in [5.41, 5.74) is 5.22. The van der Waals surface area contributed by atoms with E-state index in [1.54, 1.807) is 0 Å². The van der Waals surface area contributed by atoms with Crippen molar-refractivity contribution in [2.24, 2.45) is 0 Å². The first-order valence-corrected chi connectivity index (χ1v) is 11.6. The van der Waals surface area contributed by atoms with Crippen LogP contribution < -0.4 is 5.46 Å². The molecule has 0 radical (unpaired) electrons. The van der Waals surface area contributed by atoms with Crippen molar-refractivity contribution in [3.63, 3.8) is 0 Å². The van der Waals surface area contributed by atoms with Gasteiger partial charge >= 0.3 is 7.12 Å². The van der Waals surface area contributed by atoms with E-state index in [1.807, 2.05) is 36.4 Å². The summed E-state index contributed by atoms with van der Waals surface area (Å²) >= 11 is 0. The highest BCUT2D eigenvalue weighted by Gasteiger charge is 2.51. The van der Waals surface area contributed by atoms with E-state index in [0.29, 0.717) is 5.82 Å². The molecule has 1 saturated heterocycles. The fourth-order valence-electron chi connectivity index (χ4n) is 4.09. The van der Waals surface area contributed by atoms with Gasteiger partial charge in [-0.3, -0.25) is 0 Å². The summed E-state index contributed by atoms with van der Waals surface area (Å²) in [6.45, 7) is 8.28. The van der Waals surface area contributed by atoms with Crippen LogP contribution in [0.25, 0.3) is 28.2 Å². The minimum Gasteiger partial charge on any atom is -0.399 e. The Bertz CT molecular complexity index is 1220. The summed E-state index contributed by atoms with van der Waals surface area (Å²) in [7, 11) is -0.421. The first kappa shape index (κ1) is 21.8. The molecule has 5 rings (SSSR count). The average molecular weight is 436 g/mol. The van der Waals surface area contributed by atoms with Crippen LogP contribution in [0, 0.1) is 0 Å². The van der Waals surface area contributed by atoms with Gasteiger partial charge in [0.25, 0.3) is 0 Å². The van der Waals surface area contributed by atoms with Gasteiger partial charge in [-0.05, 0) is 57.6 Å². The van der Waals surface area contributed by atoms with Gasteiger partial charge in [-0.1, -0.05) is 72.8 Å². The molecule has 0 spiro atoms. The highest BCUT2D eigenvalue weighted by atomic mass is 16.7. The van der Waals surface area contributed by atoms with E-state index in [1.165, 1.54) is 0 Å². The quantitative estimate of drug-likeness (QED) is 0.482. The van der Waals surface area contributed by atoms with Crippen molar-refractivity contribution in [1.82, 2.24) is 9.97 Å². The molecule has 1 aliphatic heterocycles. The number of hydrogen-bond acceptors (Lipinski definition) is 4. The number of aromatic nitrogens is 2. The zero-order valence-corrected chi connectivity index (χ0v) is 19.7. The molecule has 0 atom stereocenters. The Hall–Kier alpha value is -3.02. The van der Waals surface area contributed by atoms with Crippen LogP contribution in [0.15, 0.2) is 78.9 Å². The predicted octanol–water partition coefficient (Wildman–Crippen LogP) is 5.84. The van der Waals surface area contributed by atoms with Crippen molar-refractivity contribution < 1.29 is 9.31 Å². The largest absolute Gasteiger partial charge is 0.494 e. The molecule has 0 bridgehead atoms. The molecule has 2 aromatic carbocycles. The second-order valence-electron chi connectivity index (χ2n) is 9.68. The third-order valence-corrected chi connectivity index (χ3v) is 6.76. The normalized spacial score (nSPS) is 18.9. The van der Waals surface area contributed by atoms with Gasteiger partial charge in [0, 0.05) is 11.1 Å². The van der Waals surface area contributed by atoms with E-state index in [-0.39, 0.29) is 11.2 Å². The van der Waals surface area contributed by atoms with Gasteiger partial charge in [-0.25, -0.2) is 9.97 Å². The van der Waals surface area contributed by atoms with Crippen molar-refractivity contribution in [1.29, 1.82) is 0 Å². The van der Waals surface area contributed by atoms with Crippen molar-refractivity contribution in [2.75, 3.05) is 0 Å². The molecule has 33 heavy (non-hydrogen) atoms. The Labute approximate surface area is 196 Å². The molecule has 0 saturated carbocycles. The highest BCUT2D eigenvalue weighted by molar-refractivity contribution is 6.62. The van der Waals surface area contributed by atoms with Gasteiger partial charge in [0.1, 0.15) is 0 Å². The molecule has 2 aliphatic rings. The Balaban J connectivity index is 1.57. The Morgan fingerprint density at radius 1 is 0.758 bits per heavy atom. The summed E-state index contributed by atoms with van der Waals surface area (Å²) in [6.07, 6.45) is 8.72. The maximum absolute atomic E-state index is 6.27. The van der Waals surface area contributed by atoms with Gasteiger partial charge in [0.15, 0.2) is 5.82 Å². The van der Waals surface area contributed by atoms with Gasteiger partial charge in [-0.15, -0.1) is 0 Å². The van der Waals surface area contributed by atoms with Crippen LogP contribution in [0.4, 0.5) is 0 Å². The fourth-order valence-corrected chi connectivity index (χ4v) is 4.09. The number of hydrogen-bond donors (Lipinski definition) is 0. The molecule has 3 aromatic rings. The predicted molar refractivity (Wildman–Crippen MR) is 135 cm³/mol. The molecule has 5 heteroatoms. The second-order valence-corrected chi connectivity index (χ2v) is 9.68. The number of allylic oxidation sites excluding steroid dienone is 4. The summed E-state index contributed by atoms with van der Waals surface area (Å²) in [5, 5.41) is 0. The number of nitrogens with zero attached hydrogens (tertiary/aromatic N) is 2. The van der Waals surface area contributed by atoms with Gasteiger partial charge < -0.3 is 9.31 Å². The number of rotatable bonds is 4. The zero-order chi connectivity index (χ0) is 23.1. The molecule has 0 unspecified atom stereocenters. The van der Waals surface area contributed by atoms with E-state index in [9.17, 15) is 0 Å². The lowest BCUT2D eigenvalue weighted by atomic mass is 9.78. The molecule has 1 aromatic heterocycles. The molecular weight excluding hydrogens is 407 g/mol. The van der Waals surface area contributed by atoms with Crippen LogP contribution in [0.2, 0.25) is 0 Å². The van der Waals surface area contributed by atoms with Crippen LogP contribution in [-0.2, 0) is 9.31 Å². The number of benzene rings is 2. The summed E-state index contributed by atoms with van der Waals surface area (Å²) < 4.78 is 12.5. The standard InChI is InChI=1S/C28H29BN2O2/c1-27(2)28(3,4)33-29(32-27)23-17-11-16-22(18-23)26-30-24(20-12-7-5-8-13-20)19-25(31-26)21-14-9-6-10-15-21/h5,7-9,11-19H,6,10H2,1-4H3. The maximum Gasteiger partial charge on any atom is 0.494 e. The zero-order valence-electron chi connectivity index (χ0n) is 19.7. The van der Waals surface area contributed by atoms with Crippen LogP contribution in [0.5, 0.6) is 0 Å². The minimum atomic E-state index is -0.421. The van der Waals surface area contributed by atoms with Crippen LogP contribution in [-0.4, -0.2) is 28.3 Å². The average Bonchev–Trinajstić information content (AvgIpc) is 3.07. The highest BCUT2D eigenvalue weighted by Crippen LogP contribution is 2.36. The molecule has 0 N–H and O–H groups in total. The lowest BCUT2D eigenvalue weighted by molar-refractivity contribution is 0.00578. The Morgan fingerprint density at radius 2 is 1.45 bits per heavy atom. The molecule has 1 fully saturated rings. The Morgan fingerprint density at radius 3 is 2.15 bits per heavy atom.